The average molecular weight is 395 g/mol. The summed E-state index contributed by atoms with van der Waals surface area (Å²) in [6.07, 6.45) is 3.44. The Labute approximate surface area is 169 Å². The number of aromatic nitrogens is 1. The van der Waals surface area contributed by atoms with E-state index in [0.717, 1.165) is 36.3 Å². The fraction of sp³-hybridized carbons (Fsp3) is 0.318. The molecule has 1 unspecified atom stereocenters. The highest BCUT2D eigenvalue weighted by Gasteiger charge is 2.13. The van der Waals surface area contributed by atoms with Gasteiger partial charge in [0.1, 0.15) is 22.5 Å². The van der Waals surface area contributed by atoms with E-state index in [1.807, 2.05) is 30.3 Å². The standard InChI is InChI=1S/C22H25N3O4/c1-4-24(5-2)15-16(3)28-21-14-17(23-20-9-7-6-8-19(20)21)10-11-18-12-13-22(29-18)25(26)27/h6-14,16H,4-5,15H2,1-3H3/b11-10+. The number of pyridine rings is 1. The van der Waals surface area contributed by atoms with Crippen LogP contribution in [-0.4, -0.2) is 40.5 Å². The number of para-hydroxylation sites is 1. The van der Waals surface area contributed by atoms with Crippen LogP contribution in [0, 0.1) is 10.1 Å². The van der Waals surface area contributed by atoms with Crippen LogP contribution in [0.4, 0.5) is 5.88 Å². The van der Waals surface area contributed by atoms with Gasteiger partial charge in [-0.25, -0.2) is 4.98 Å². The summed E-state index contributed by atoms with van der Waals surface area (Å²) in [5.41, 5.74) is 1.51. The summed E-state index contributed by atoms with van der Waals surface area (Å²) in [6.45, 7) is 9.13. The highest BCUT2D eigenvalue weighted by Crippen LogP contribution is 2.27. The lowest BCUT2D eigenvalue weighted by Crippen LogP contribution is -2.33. The highest BCUT2D eigenvalue weighted by atomic mass is 16.6. The molecule has 0 N–H and O–H groups in total. The van der Waals surface area contributed by atoms with E-state index >= 15 is 0 Å². The maximum Gasteiger partial charge on any atom is 0.433 e. The first-order valence-electron chi connectivity index (χ1n) is 9.71. The van der Waals surface area contributed by atoms with Gasteiger partial charge < -0.3 is 14.1 Å². The number of furan rings is 1. The molecule has 0 saturated heterocycles. The molecule has 2 aromatic heterocycles. The average Bonchev–Trinajstić information content (AvgIpc) is 3.20. The monoisotopic (exact) mass is 395 g/mol. The maximum atomic E-state index is 10.8. The normalized spacial score (nSPS) is 12.7. The third-order valence-electron chi connectivity index (χ3n) is 4.65. The molecule has 0 aliphatic rings. The van der Waals surface area contributed by atoms with E-state index in [4.69, 9.17) is 9.15 Å². The summed E-state index contributed by atoms with van der Waals surface area (Å²) in [6, 6.07) is 12.6. The summed E-state index contributed by atoms with van der Waals surface area (Å²) in [5.74, 6) is 0.870. The molecule has 0 aliphatic heterocycles. The number of hydrogen-bond acceptors (Lipinski definition) is 6. The molecule has 1 aromatic carbocycles. The van der Waals surface area contributed by atoms with Gasteiger partial charge >= 0.3 is 5.88 Å². The van der Waals surface area contributed by atoms with E-state index in [0.29, 0.717) is 11.5 Å². The van der Waals surface area contributed by atoms with E-state index in [-0.39, 0.29) is 12.0 Å². The van der Waals surface area contributed by atoms with Crippen LogP contribution in [0.5, 0.6) is 5.75 Å². The Kier molecular flexibility index (Phi) is 6.61. The number of ether oxygens (including phenoxy) is 1. The van der Waals surface area contributed by atoms with Gasteiger partial charge in [0.25, 0.3) is 0 Å². The van der Waals surface area contributed by atoms with Crippen LogP contribution < -0.4 is 4.74 Å². The number of fused-ring (bicyclic) bond motifs is 1. The molecule has 0 aliphatic carbocycles. The topological polar surface area (TPSA) is 81.6 Å². The van der Waals surface area contributed by atoms with Crippen molar-refractivity contribution in [2.24, 2.45) is 0 Å². The Morgan fingerprint density at radius 2 is 1.97 bits per heavy atom. The third kappa shape index (κ3) is 5.20. The SMILES string of the molecule is CCN(CC)CC(C)Oc1cc(/C=C/c2ccc([N+](=O)[O-])o2)nc2ccccc12. The van der Waals surface area contributed by atoms with Gasteiger partial charge in [0.15, 0.2) is 0 Å². The van der Waals surface area contributed by atoms with Crippen molar-refractivity contribution in [1.82, 2.24) is 9.88 Å². The van der Waals surface area contributed by atoms with Crippen molar-refractivity contribution >= 4 is 28.9 Å². The van der Waals surface area contributed by atoms with Gasteiger partial charge in [-0.1, -0.05) is 26.0 Å². The number of nitrogens with zero attached hydrogens (tertiary/aromatic N) is 3. The summed E-state index contributed by atoms with van der Waals surface area (Å²) < 4.78 is 11.4. The largest absolute Gasteiger partial charge is 0.489 e. The minimum Gasteiger partial charge on any atom is -0.489 e. The molecule has 0 amide bonds. The first-order valence-corrected chi connectivity index (χ1v) is 9.71. The van der Waals surface area contributed by atoms with Crippen LogP contribution in [0.3, 0.4) is 0 Å². The van der Waals surface area contributed by atoms with Crippen LogP contribution in [0.1, 0.15) is 32.2 Å². The molecular weight excluding hydrogens is 370 g/mol. The lowest BCUT2D eigenvalue weighted by molar-refractivity contribution is -0.402. The van der Waals surface area contributed by atoms with Gasteiger partial charge in [-0.2, -0.15) is 0 Å². The maximum absolute atomic E-state index is 10.8. The fourth-order valence-electron chi connectivity index (χ4n) is 3.14. The van der Waals surface area contributed by atoms with Crippen molar-refractivity contribution < 1.29 is 14.1 Å². The van der Waals surface area contributed by atoms with Crippen molar-refractivity contribution in [3.8, 4) is 5.75 Å². The van der Waals surface area contributed by atoms with Crippen molar-refractivity contribution in [2.45, 2.75) is 26.9 Å². The molecule has 0 fully saturated rings. The minimum absolute atomic E-state index is 0.0188. The van der Waals surface area contributed by atoms with Crippen LogP contribution in [0.25, 0.3) is 23.1 Å². The molecule has 152 valence electrons. The molecule has 3 rings (SSSR count). The molecule has 7 nitrogen and oxygen atoms in total. The van der Waals surface area contributed by atoms with Gasteiger partial charge in [-0.3, -0.25) is 10.1 Å². The second-order valence-electron chi connectivity index (χ2n) is 6.74. The number of hydrogen-bond donors (Lipinski definition) is 0. The van der Waals surface area contributed by atoms with Crippen LogP contribution in [-0.2, 0) is 0 Å². The Morgan fingerprint density at radius 1 is 1.21 bits per heavy atom. The molecule has 0 saturated carbocycles. The summed E-state index contributed by atoms with van der Waals surface area (Å²) in [7, 11) is 0. The molecule has 0 radical (unpaired) electrons. The Bertz CT molecular complexity index is 1010. The van der Waals surface area contributed by atoms with Crippen LogP contribution in [0.2, 0.25) is 0 Å². The zero-order chi connectivity index (χ0) is 20.8. The number of rotatable bonds is 9. The van der Waals surface area contributed by atoms with E-state index in [1.165, 1.54) is 6.07 Å². The van der Waals surface area contributed by atoms with Crippen molar-refractivity contribution in [3.63, 3.8) is 0 Å². The van der Waals surface area contributed by atoms with Crippen LogP contribution >= 0.6 is 0 Å². The highest BCUT2D eigenvalue weighted by molar-refractivity contribution is 5.87. The Hall–Kier alpha value is -3.19. The number of likely N-dealkylation sites (N-methyl/N-ethyl adjacent to an activating group) is 1. The molecule has 1 atom stereocenters. The molecule has 29 heavy (non-hydrogen) atoms. The lowest BCUT2D eigenvalue weighted by atomic mass is 10.1. The van der Waals surface area contributed by atoms with E-state index in [9.17, 15) is 10.1 Å². The van der Waals surface area contributed by atoms with E-state index in [2.05, 4.69) is 30.7 Å². The summed E-state index contributed by atoms with van der Waals surface area (Å²) in [5, 5.41) is 11.7. The first-order chi connectivity index (χ1) is 14.0. The zero-order valence-electron chi connectivity index (χ0n) is 16.9. The molecular formula is C22H25N3O4. The number of nitro groups is 1. The van der Waals surface area contributed by atoms with Gasteiger partial charge in [0.05, 0.1) is 17.3 Å². The molecule has 3 aromatic rings. The van der Waals surface area contributed by atoms with Crippen molar-refractivity contribution in [2.75, 3.05) is 19.6 Å². The predicted octanol–water partition coefficient (Wildman–Crippen LogP) is 5.02. The molecule has 0 spiro atoms. The minimum atomic E-state index is -0.561. The Balaban J connectivity index is 1.87. The van der Waals surface area contributed by atoms with E-state index in [1.54, 1.807) is 18.2 Å². The van der Waals surface area contributed by atoms with Gasteiger partial charge in [0.2, 0.25) is 0 Å². The van der Waals surface area contributed by atoms with Gasteiger partial charge in [-0.05, 0) is 50.4 Å². The third-order valence-corrected chi connectivity index (χ3v) is 4.65. The Morgan fingerprint density at radius 3 is 2.66 bits per heavy atom. The van der Waals surface area contributed by atoms with Crippen molar-refractivity contribution in [1.29, 1.82) is 0 Å². The molecule has 2 heterocycles. The first kappa shape index (κ1) is 20.5. The predicted molar refractivity (Wildman–Crippen MR) is 114 cm³/mol. The van der Waals surface area contributed by atoms with Crippen LogP contribution in [0.15, 0.2) is 46.9 Å². The second kappa shape index (κ2) is 9.34. The lowest BCUT2D eigenvalue weighted by Gasteiger charge is -2.24. The fourth-order valence-corrected chi connectivity index (χ4v) is 3.14. The quantitative estimate of drug-likeness (QED) is 0.374. The van der Waals surface area contributed by atoms with Gasteiger partial charge in [0, 0.05) is 18.0 Å². The zero-order valence-corrected chi connectivity index (χ0v) is 16.9. The van der Waals surface area contributed by atoms with E-state index < -0.39 is 4.92 Å². The summed E-state index contributed by atoms with van der Waals surface area (Å²) >= 11 is 0. The molecule has 7 heteroatoms. The molecule has 0 bridgehead atoms. The van der Waals surface area contributed by atoms with Gasteiger partial charge in [-0.15, -0.1) is 0 Å². The smallest absolute Gasteiger partial charge is 0.433 e. The second-order valence-corrected chi connectivity index (χ2v) is 6.74. The van der Waals surface area contributed by atoms with Crippen molar-refractivity contribution in [3.05, 3.63) is 64.0 Å². The number of benzene rings is 1. The summed E-state index contributed by atoms with van der Waals surface area (Å²) in [4.78, 5) is 17.2.